The number of amides is 1. The van der Waals surface area contributed by atoms with Crippen LogP contribution in [0.4, 0.5) is 5.69 Å². The van der Waals surface area contributed by atoms with Crippen LogP contribution in [0.1, 0.15) is 5.56 Å². The van der Waals surface area contributed by atoms with Gasteiger partial charge in [-0.05, 0) is 12.0 Å². The molecule has 0 spiro atoms. The molecule has 0 radical (unpaired) electrons. The molecule has 108 valence electrons. The van der Waals surface area contributed by atoms with Crippen LogP contribution in [0.5, 0.6) is 0 Å². The highest BCUT2D eigenvalue weighted by Crippen LogP contribution is 2.11. The molecule has 0 aliphatic carbocycles. The highest BCUT2D eigenvalue weighted by atomic mass is 16.6. The van der Waals surface area contributed by atoms with Crippen LogP contribution < -0.4 is 5.32 Å². The summed E-state index contributed by atoms with van der Waals surface area (Å²) in [5, 5.41) is 21.3. The van der Waals surface area contributed by atoms with Gasteiger partial charge >= 0.3 is 5.97 Å². The first-order valence-corrected chi connectivity index (χ1v) is 5.78. The van der Waals surface area contributed by atoms with Crippen molar-refractivity contribution < 1.29 is 24.4 Å². The highest BCUT2D eigenvalue weighted by Gasteiger charge is 2.05. The first kappa shape index (κ1) is 15.6. The van der Waals surface area contributed by atoms with Gasteiger partial charge in [-0.2, -0.15) is 0 Å². The highest BCUT2D eigenvalue weighted by molar-refractivity contribution is 5.77. The standard InChI is InChI=1S/C12H14N2O6/c15-11(7-20-8-12(16)17)13-6-5-9-1-3-10(4-2-9)14(18)19/h1-4H,5-8H2,(H,13,15)(H,16,17). The molecule has 0 unspecified atom stereocenters. The first-order valence-electron chi connectivity index (χ1n) is 5.78. The average molecular weight is 282 g/mol. The molecular weight excluding hydrogens is 268 g/mol. The second-order valence-corrected chi connectivity index (χ2v) is 3.91. The van der Waals surface area contributed by atoms with E-state index in [2.05, 4.69) is 10.1 Å². The molecule has 1 rings (SSSR count). The van der Waals surface area contributed by atoms with Crippen LogP contribution in [-0.2, 0) is 20.7 Å². The topological polar surface area (TPSA) is 119 Å². The lowest BCUT2D eigenvalue weighted by Gasteiger charge is -2.05. The van der Waals surface area contributed by atoms with Crippen LogP contribution in [0.2, 0.25) is 0 Å². The fraction of sp³-hybridized carbons (Fsp3) is 0.333. The van der Waals surface area contributed by atoms with E-state index in [1.165, 1.54) is 12.1 Å². The number of nitro benzene ring substituents is 1. The number of ether oxygens (including phenoxy) is 1. The number of benzene rings is 1. The smallest absolute Gasteiger partial charge is 0.329 e. The molecule has 0 aromatic heterocycles. The Bertz CT molecular complexity index is 485. The van der Waals surface area contributed by atoms with Crippen LogP contribution in [0, 0.1) is 10.1 Å². The van der Waals surface area contributed by atoms with Gasteiger partial charge in [0.15, 0.2) is 0 Å². The molecule has 8 heteroatoms. The predicted octanol–water partition coefficient (Wildman–Crippen LogP) is 0.355. The Morgan fingerprint density at radius 1 is 1.25 bits per heavy atom. The number of aliphatic carboxylic acids is 1. The Hall–Kier alpha value is -2.48. The molecule has 0 saturated carbocycles. The van der Waals surface area contributed by atoms with Crippen LogP contribution >= 0.6 is 0 Å². The molecule has 0 aliphatic rings. The summed E-state index contributed by atoms with van der Waals surface area (Å²) < 4.78 is 4.62. The number of carbonyl (C=O) groups excluding carboxylic acids is 1. The maximum atomic E-state index is 11.2. The van der Waals surface area contributed by atoms with Gasteiger partial charge in [0.1, 0.15) is 13.2 Å². The second-order valence-electron chi connectivity index (χ2n) is 3.91. The van der Waals surface area contributed by atoms with Gasteiger partial charge in [-0.1, -0.05) is 12.1 Å². The Morgan fingerprint density at radius 2 is 1.90 bits per heavy atom. The van der Waals surface area contributed by atoms with E-state index in [0.29, 0.717) is 13.0 Å². The van der Waals surface area contributed by atoms with Gasteiger partial charge in [0.2, 0.25) is 5.91 Å². The number of carboxylic acid groups (broad SMARTS) is 1. The Morgan fingerprint density at radius 3 is 2.45 bits per heavy atom. The van der Waals surface area contributed by atoms with Crippen LogP contribution in [-0.4, -0.2) is 41.7 Å². The van der Waals surface area contributed by atoms with Gasteiger partial charge in [0.25, 0.3) is 5.69 Å². The monoisotopic (exact) mass is 282 g/mol. The summed E-state index contributed by atoms with van der Waals surface area (Å²) in [6.45, 7) is -0.491. The molecule has 0 fully saturated rings. The number of nitrogens with zero attached hydrogens (tertiary/aromatic N) is 1. The van der Waals surface area contributed by atoms with E-state index in [1.807, 2.05) is 0 Å². The maximum Gasteiger partial charge on any atom is 0.329 e. The van der Waals surface area contributed by atoms with E-state index in [1.54, 1.807) is 12.1 Å². The van der Waals surface area contributed by atoms with Gasteiger partial charge in [-0.15, -0.1) is 0 Å². The van der Waals surface area contributed by atoms with Crippen molar-refractivity contribution in [2.45, 2.75) is 6.42 Å². The summed E-state index contributed by atoms with van der Waals surface area (Å²) in [7, 11) is 0. The van der Waals surface area contributed by atoms with E-state index < -0.39 is 23.4 Å². The van der Waals surface area contributed by atoms with Crippen molar-refractivity contribution in [1.29, 1.82) is 0 Å². The van der Waals surface area contributed by atoms with Crippen LogP contribution in [0.3, 0.4) is 0 Å². The third kappa shape index (κ3) is 5.91. The number of nitrogens with one attached hydrogen (secondary N) is 1. The lowest BCUT2D eigenvalue weighted by Crippen LogP contribution is -2.30. The fourth-order valence-electron chi connectivity index (χ4n) is 1.41. The molecule has 1 amide bonds. The van der Waals surface area contributed by atoms with Gasteiger partial charge in [-0.25, -0.2) is 4.79 Å². The zero-order valence-electron chi connectivity index (χ0n) is 10.6. The van der Waals surface area contributed by atoms with Crippen LogP contribution in [0.15, 0.2) is 24.3 Å². The van der Waals surface area contributed by atoms with Gasteiger partial charge in [0, 0.05) is 18.7 Å². The van der Waals surface area contributed by atoms with Crippen molar-refractivity contribution in [1.82, 2.24) is 5.32 Å². The van der Waals surface area contributed by atoms with E-state index in [9.17, 15) is 19.7 Å². The van der Waals surface area contributed by atoms with Crippen molar-refractivity contribution in [3.63, 3.8) is 0 Å². The SMILES string of the molecule is O=C(O)COCC(=O)NCCc1ccc([N+](=O)[O-])cc1. The minimum Gasteiger partial charge on any atom is -0.480 e. The van der Waals surface area contributed by atoms with Crippen molar-refractivity contribution in [2.24, 2.45) is 0 Å². The van der Waals surface area contributed by atoms with E-state index >= 15 is 0 Å². The molecule has 0 saturated heterocycles. The van der Waals surface area contributed by atoms with Crippen LogP contribution in [0.25, 0.3) is 0 Å². The Balaban J connectivity index is 2.24. The largest absolute Gasteiger partial charge is 0.480 e. The molecule has 2 N–H and O–H groups in total. The maximum absolute atomic E-state index is 11.2. The molecule has 0 atom stereocenters. The average Bonchev–Trinajstić information content (AvgIpc) is 2.39. The predicted molar refractivity (Wildman–Crippen MR) is 68.3 cm³/mol. The summed E-state index contributed by atoms with van der Waals surface area (Å²) in [5.74, 6) is -1.54. The van der Waals surface area contributed by atoms with E-state index in [0.717, 1.165) is 5.56 Å². The Labute approximate surface area is 114 Å². The normalized spacial score (nSPS) is 10.0. The quantitative estimate of drug-likeness (QED) is 0.524. The number of carboxylic acids is 1. The molecule has 0 aliphatic heterocycles. The summed E-state index contributed by atoms with van der Waals surface area (Å²) in [6, 6.07) is 6.02. The minimum atomic E-state index is -1.14. The molecular formula is C12H14N2O6. The van der Waals surface area contributed by atoms with Crippen molar-refractivity contribution in [3.8, 4) is 0 Å². The Kier molecular flexibility index (Phi) is 6.11. The zero-order chi connectivity index (χ0) is 15.0. The fourth-order valence-corrected chi connectivity index (χ4v) is 1.41. The second kappa shape index (κ2) is 7.85. The summed E-state index contributed by atoms with van der Waals surface area (Å²) in [6.07, 6.45) is 0.517. The number of rotatable bonds is 8. The van der Waals surface area contributed by atoms with Crippen molar-refractivity contribution in [2.75, 3.05) is 19.8 Å². The first-order chi connectivity index (χ1) is 9.49. The molecule has 20 heavy (non-hydrogen) atoms. The molecule has 0 heterocycles. The molecule has 8 nitrogen and oxygen atoms in total. The summed E-state index contributed by atoms with van der Waals surface area (Å²) in [4.78, 5) is 31.4. The minimum absolute atomic E-state index is 0.0138. The van der Waals surface area contributed by atoms with Gasteiger partial charge in [-0.3, -0.25) is 14.9 Å². The third-order valence-electron chi connectivity index (χ3n) is 2.34. The summed E-state index contributed by atoms with van der Waals surface area (Å²) in [5.41, 5.74) is 0.863. The number of hydrogen-bond donors (Lipinski definition) is 2. The van der Waals surface area contributed by atoms with E-state index in [-0.39, 0.29) is 12.3 Å². The number of carbonyl (C=O) groups is 2. The van der Waals surface area contributed by atoms with E-state index in [4.69, 9.17) is 5.11 Å². The number of non-ortho nitro benzene ring substituents is 1. The molecule has 1 aromatic rings. The number of hydrogen-bond acceptors (Lipinski definition) is 5. The number of nitro groups is 1. The summed E-state index contributed by atoms with van der Waals surface area (Å²) >= 11 is 0. The lowest BCUT2D eigenvalue weighted by molar-refractivity contribution is -0.384. The van der Waals surface area contributed by atoms with Crippen molar-refractivity contribution in [3.05, 3.63) is 39.9 Å². The molecule has 0 bridgehead atoms. The lowest BCUT2D eigenvalue weighted by atomic mass is 10.1. The van der Waals surface area contributed by atoms with Crippen molar-refractivity contribution >= 4 is 17.6 Å². The zero-order valence-corrected chi connectivity index (χ0v) is 10.6. The third-order valence-corrected chi connectivity index (χ3v) is 2.34. The van der Waals surface area contributed by atoms with Gasteiger partial charge in [0.05, 0.1) is 4.92 Å². The van der Waals surface area contributed by atoms with Gasteiger partial charge < -0.3 is 15.2 Å². The molecule has 1 aromatic carbocycles.